The van der Waals surface area contributed by atoms with Crippen LogP contribution in [0.25, 0.3) is 0 Å². The molecule has 1 saturated heterocycles. The molecule has 1 aromatic heterocycles. The van der Waals surface area contributed by atoms with E-state index in [-0.39, 0.29) is 30.2 Å². The smallest absolute Gasteiger partial charge is 0.228 e. The minimum Gasteiger partial charge on any atom is -0.464 e. The third-order valence-corrected chi connectivity index (χ3v) is 5.09. The van der Waals surface area contributed by atoms with Gasteiger partial charge in [0, 0.05) is 25.6 Å². The summed E-state index contributed by atoms with van der Waals surface area (Å²) in [6, 6.07) is 12.0. The van der Waals surface area contributed by atoms with Crippen LogP contribution in [-0.2, 0) is 22.7 Å². The van der Waals surface area contributed by atoms with Crippen LogP contribution in [0.2, 0.25) is 0 Å². The fraction of sp³-hybridized carbons (Fsp3) is 0.455. The van der Waals surface area contributed by atoms with Crippen LogP contribution < -0.4 is 0 Å². The zero-order chi connectivity index (χ0) is 19.6. The van der Waals surface area contributed by atoms with Crippen molar-refractivity contribution in [2.24, 2.45) is 5.92 Å². The van der Waals surface area contributed by atoms with Gasteiger partial charge in [0.05, 0.1) is 12.5 Å². The molecule has 0 aliphatic carbocycles. The Morgan fingerprint density at radius 3 is 2.48 bits per heavy atom. The van der Waals surface area contributed by atoms with Gasteiger partial charge in [0.2, 0.25) is 11.8 Å². The lowest BCUT2D eigenvalue weighted by molar-refractivity contribution is -0.138. The number of carbonyl (C=O) groups excluding carboxylic acids is 2. The first-order valence-corrected chi connectivity index (χ1v) is 9.52. The van der Waals surface area contributed by atoms with Gasteiger partial charge in [-0.25, -0.2) is 0 Å². The van der Waals surface area contributed by atoms with Crippen LogP contribution in [0.5, 0.6) is 0 Å². The van der Waals surface area contributed by atoms with Gasteiger partial charge in [-0.15, -0.1) is 0 Å². The Balaban J connectivity index is 1.66. The van der Waals surface area contributed by atoms with E-state index in [9.17, 15) is 9.59 Å². The zero-order valence-corrected chi connectivity index (χ0v) is 16.6. The largest absolute Gasteiger partial charge is 0.464 e. The second kappa shape index (κ2) is 7.99. The number of amides is 2. The molecule has 0 N–H and O–H groups in total. The average molecular weight is 368 g/mol. The van der Waals surface area contributed by atoms with E-state index in [2.05, 4.69) is 0 Å². The summed E-state index contributed by atoms with van der Waals surface area (Å²) in [7, 11) is 0. The van der Waals surface area contributed by atoms with Gasteiger partial charge in [-0.3, -0.25) is 9.59 Å². The first kappa shape index (κ1) is 19.2. The number of aryl methyl sites for hydroxylation is 2. The predicted molar refractivity (Wildman–Crippen MR) is 104 cm³/mol. The molecule has 0 saturated carbocycles. The average Bonchev–Trinajstić information content (AvgIpc) is 3.20. The maximum absolute atomic E-state index is 13.1. The molecule has 27 heavy (non-hydrogen) atoms. The molecule has 2 heterocycles. The summed E-state index contributed by atoms with van der Waals surface area (Å²) in [4.78, 5) is 29.1. The lowest BCUT2D eigenvalue weighted by atomic mass is 10.1. The number of hydrogen-bond donors (Lipinski definition) is 0. The first-order valence-electron chi connectivity index (χ1n) is 9.52. The standard InChI is InChI=1S/C22H28N2O3/c1-15(2)24(14-20-10-7-17(4)27-20)22(26)19-11-21(25)23(13-19)12-18-8-5-16(3)6-9-18/h5-10,15,19H,11-14H2,1-4H3. The number of carbonyl (C=O) groups is 2. The van der Waals surface area contributed by atoms with Crippen LogP contribution in [0, 0.1) is 19.8 Å². The Morgan fingerprint density at radius 2 is 1.89 bits per heavy atom. The van der Waals surface area contributed by atoms with E-state index in [0.29, 0.717) is 19.6 Å². The van der Waals surface area contributed by atoms with Crippen molar-refractivity contribution in [2.75, 3.05) is 6.54 Å². The molecule has 5 heteroatoms. The lowest BCUT2D eigenvalue weighted by Gasteiger charge is -2.28. The van der Waals surface area contributed by atoms with Crippen molar-refractivity contribution in [3.63, 3.8) is 0 Å². The van der Waals surface area contributed by atoms with E-state index in [1.165, 1.54) is 5.56 Å². The van der Waals surface area contributed by atoms with E-state index in [0.717, 1.165) is 17.1 Å². The van der Waals surface area contributed by atoms with Crippen molar-refractivity contribution in [2.45, 2.75) is 53.2 Å². The van der Waals surface area contributed by atoms with Crippen LogP contribution in [0.1, 0.15) is 42.9 Å². The molecule has 144 valence electrons. The van der Waals surface area contributed by atoms with Crippen LogP contribution in [0.3, 0.4) is 0 Å². The zero-order valence-electron chi connectivity index (χ0n) is 16.6. The molecule has 1 fully saturated rings. The Hall–Kier alpha value is -2.56. The highest BCUT2D eigenvalue weighted by Gasteiger charge is 2.37. The first-order chi connectivity index (χ1) is 12.8. The van der Waals surface area contributed by atoms with Crippen molar-refractivity contribution in [3.05, 3.63) is 59.0 Å². The van der Waals surface area contributed by atoms with Crippen molar-refractivity contribution in [3.8, 4) is 0 Å². The lowest BCUT2D eigenvalue weighted by Crippen LogP contribution is -2.41. The van der Waals surface area contributed by atoms with Crippen molar-refractivity contribution >= 4 is 11.8 Å². The Morgan fingerprint density at radius 1 is 1.19 bits per heavy atom. The highest BCUT2D eigenvalue weighted by atomic mass is 16.3. The number of nitrogens with zero attached hydrogens (tertiary/aromatic N) is 2. The van der Waals surface area contributed by atoms with E-state index in [1.807, 2.05) is 69.0 Å². The third kappa shape index (κ3) is 4.59. The van der Waals surface area contributed by atoms with Gasteiger partial charge < -0.3 is 14.2 Å². The Labute approximate surface area is 160 Å². The molecule has 2 aromatic rings. The van der Waals surface area contributed by atoms with Gasteiger partial charge in [-0.05, 0) is 45.4 Å². The molecule has 1 aliphatic rings. The minimum atomic E-state index is -0.290. The number of hydrogen-bond acceptors (Lipinski definition) is 3. The number of benzene rings is 1. The van der Waals surface area contributed by atoms with Gasteiger partial charge in [-0.1, -0.05) is 29.8 Å². The molecular weight excluding hydrogens is 340 g/mol. The summed E-state index contributed by atoms with van der Waals surface area (Å²) in [6.07, 6.45) is 0.283. The maximum atomic E-state index is 13.1. The molecule has 1 unspecified atom stereocenters. The molecular formula is C22H28N2O3. The van der Waals surface area contributed by atoms with E-state index in [1.54, 1.807) is 4.90 Å². The predicted octanol–water partition coefficient (Wildman–Crippen LogP) is 3.68. The molecule has 1 atom stereocenters. The van der Waals surface area contributed by atoms with Crippen LogP contribution in [0.4, 0.5) is 0 Å². The van der Waals surface area contributed by atoms with Crippen molar-refractivity contribution in [1.82, 2.24) is 9.80 Å². The molecule has 1 aliphatic heterocycles. The second-order valence-corrected chi connectivity index (χ2v) is 7.73. The normalized spacial score (nSPS) is 17.0. The molecule has 5 nitrogen and oxygen atoms in total. The molecule has 0 radical (unpaired) electrons. The van der Waals surface area contributed by atoms with E-state index < -0.39 is 0 Å². The summed E-state index contributed by atoms with van der Waals surface area (Å²) >= 11 is 0. The van der Waals surface area contributed by atoms with Gasteiger partial charge >= 0.3 is 0 Å². The highest BCUT2D eigenvalue weighted by molar-refractivity contribution is 5.89. The van der Waals surface area contributed by atoms with E-state index in [4.69, 9.17) is 4.42 Å². The highest BCUT2D eigenvalue weighted by Crippen LogP contribution is 2.24. The second-order valence-electron chi connectivity index (χ2n) is 7.73. The van der Waals surface area contributed by atoms with Gasteiger partial charge in [0.15, 0.2) is 0 Å². The SMILES string of the molecule is Cc1ccc(CN2CC(C(=O)N(Cc3ccc(C)o3)C(C)C)CC2=O)cc1. The van der Waals surface area contributed by atoms with Crippen LogP contribution in [-0.4, -0.2) is 34.2 Å². The van der Waals surface area contributed by atoms with Crippen LogP contribution in [0.15, 0.2) is 40.8 Å². The molecule has 3 rings (SSSR count). The summed E-state index contributed by atoms with van der Waals surface area (Å²) in [5, 5.41) is 0. The van der Waals surface area contributed by atoms with Crippen molar-refractivity contribution < 1.29 is 14.0 Å². The summed E-state index contributed by atoms with van der Waals surface area (Å²) in [5.41, 5.74) is 2.29. The molecule has 1 aromatic carbocycles. The third-order valence-electron chi connectivity index (χ3n) is 5.09. The number of furan rings is 1. The molecule has 2 amide bonds. The topological polar surface area (TPSA) is 53.8 Å². The van der Waals surface area contributed by atoms with Crippen molar-refractivity contribution in [1.29, 1.82) is 0 Å². The minimum absolute atomic E-state index is 0.0267. The fourth-order valence-corrected chi connectivity index (χ4v) is 3.49. The number of likely N-dealkylation sites (tertiary alicyclic amines) is 1. The quantitative estimate of drug-likeness (QED) is 0.781. The Bertz CT molecular complexity index is 807. The maximum Gasteiger partial charge on any atom is 0.228 e. The monoisotopic (exact) mass is 368 g/mol. The molecule has 0 spiro atoms. The van der Waals surface area contributed by atoms with E-state index >= 15 is 0 Å². The van der Waals surface area contributed by atoms with Gasteiger partial charge in [0.1, 0.15) is 11.5 Å². The molecule has 0 bridgehead atoms. The summed E-state index contributed by atoms with van der Waals surface area (Å²) in [5.74, 6) is 1.39. The number of rotatable bonds is 6. The fourth-order valence-electron chi connectivity index (χ4n) is 3.49. The van der Waals surface area contributed by atoms with Crippen LogP contribution >= 0.6 is 0 Å². The van der Waals surface area contributed by atoms with Gasteiger partial charge in [-0.2, -0.15) is 0 Å². The van der Waals surface area contributed by atoms with Gasteiger partial charge in [0.25, 0.3) is 0 Å². The summed E-state index contributed by atoms with van der Waals surface area (Å²) in [6.45, 7) is 9.40. The Kier molecular flexibility index (Phi) is 5.68. The summed E-state index contributed by atoms with van der Waals surface area (Å²) < 4.78 is 5.64.